The Kier molecular flexibility index (Phi) is 8.13. The third-order valence-corrected chi connectivity index (χ3v) is 9.00. The molecule has 2 aliphatic carbocycles. The number of hydrogen-bond acceptors (Lipinski definition) is 5. The highest BCUT2D eigenvalue weighted by molar-refractivity contribution is 7.17. The number of amides is 1. The number of carbonyl (C=O) groups excluding carboxylic acids is 2. The molecule has 2 aliphatic rings. The van der Waals surface area contributed by atoms with E-state index in [0.717, 1.165) is 28.1 Å². The van der Waals surface area contributed by atoms with E-state index in [1.807, 2.05) is 12.1 Å². The summed E-state index contributed by atoms with van der Waals surface area (Å²) in [7, 11) is 1.39. The van der Waals surface area contributed by atoms with Crippen LogP contribution in [0.4, 0.5) is 4.39 Å². The molecule has 4 rings (SSSR count). The van der Waals surface area contributed by atoms with E-state index in [1.54, 1.807) is 13.8 Å². The van der Waals surface area contributed by atoms with Crippen molar-refractivity contribution in [2.75, 3.05) is 7.11 Å². The van der Waals surface area contributed by atoms with Crippen molar-refractivity contribution < 1.29 is 18.7 Å². The van der Waals surface area contributed by atoms with Crippen LogP contribution in [0.1, 0.15) is 106 Å². The Balaban J connectivity index is 1.67. The average molecular weight is 529 g/mol. The monoisotopic (exact) mass is 528 g/mol. The summed E-state index contributed by atoms with van der Waals surface area (Å²) in [6.07, 6.45) is 8.13. The molecule has 2 fully saturated rings. The number of esters is 1. The molecule has 0 radical (unpaired) electrons. The number of alkyl halides is 1. The Morgan fingerprint density at radius 2 is 1.70 bits per heavy atom. The summed E-state index contributed by atoms with van der Waals surface area (Å²) in [6.45, 7) is 9.59. The first-order valence-electron chi connectivity index (χ1n) is 13.6. The molecule has 1 aromatic heterocycles. The first kappa shape index (κ1) is 27.7. The lowest BCUT2D eigenvalue weighted by Gasteiger charge is -2.33. The van der Waals surface area contributed by atoms with Crippen molar-refractivity contribution in [3.8, 4) is 10.4 Å². The number of methoxy groups -OCH3 is 1. The van der Waals surface area contributed by atoms with E-state index in [2.05, 4.69) is 32.2 Å². The van der Waals surface area contributed by atoms with Crippen molar-refractivity contribution in [2.45, 2.75) is 103 Å². The lowest BCUT2D eigenvalue weighted by atomic mass is 9.80. The van der Waals surface area contributed by atoms with Crippen LogP contribution in [0.3, 0.4) is 0 Å². The summed E-state index contributed by atoms with van der Waals surface area (Å²) < 4.78 is 20.0. The molecule has 202 valence electrons. The zero-order valence-corrected chi connectivity index (χ0v) is 23.9. The summed E-state index contributed by atoms with van der Waals surface area (Å²) >= 11 is 1.40. The fraction of sp³-hybridized carbons (Fsp3) is 0.633. The maximum absolute atomic E-state index is 15.2. The maximum Gasteiger partial charge on any atom is 0.308 e. The first-order valence-corrected chi connectivity index (χ1v) is 14.4. The maximum atomic E-state index is 15.2. The second kappa shape index (κ2) is 10.8. The minimum atomic E-state index is -1.48. The van der Waals surface area contributed by atoms with E-state index >= 15 is 4.39 Å². The van der Waals surface area contributed by atoms with E-state index in [4.69, 9.17) is 9.72 Å². The van der Waals surface area contributed by atoms with Gasteiger partial charge in [-0.2, -0.15) is 0 Å². The lowest BCUT2D eigenvalue weighted by Crippen LogP contribution is -2.47. The van der Waals surface area contributed by atoms with E-state index < -0.39 is 5.67 Å². The highest BCUT2D eigenvalue weighted by Gasteiger charge is 2.37. The Morgan fingerprint density at radius 1 is 1.05 bits per heavy atom. The van der Waals surface area contributed by atoms with Gasteiger partial charge >= 0.3 is 5.97 Å². The molecule has 0 bridgehead atoms. The molecule has 1 amide bonds. The van der Waals surface area contributed by atoms with Crippen molar-refractivity contribution in [3.05, 3.63) is 40.0 Å². The molecule has 1 heterocycles. The molecule has 0 aliphatic heterocycles. The molecule has 0 unspecified atom stereocenters. The van der Waals surface area contributed by atoms with Gasteiger partial charge in [0.2, 0.25) is 0 Å². The van der Waals surface area contributed by atoms with Gasteiger partial charge in [-0.25, -0.2) is 9.37 Å². The Bertz CT molecular complexity index is 1100. The minimum Gasteiger partial charge on any atom is -0.469 e. The van der Waals surface area contributed by atoms with Gasteiger partial charge in [0.15, 0.2) is 5.01 Å². The smallest absolute Gasteiger partial charge is 0.308 e. The van der Waals surface area contributed by atoms with Crippen molar-refractivity contribution in [2.24, 2.45) is 11.8 Å². The quantitative estimate of drug-likeness (QED) is 0.389. The highest BCUT2D eigenvalue weighted by Crippen LogP contribution is 2.40. The van der Waals surface area contributed by atoms with Gasteiger partial charge in [0, 0.05) is 6.04 Å². The standard InChI is InChI=1S/C30H41FN2O3S/c1-29(2,3)21-13-19(14-22(17-21)30(4,5)31)25-24(12-18-10-8-7-9-11-18)33-27(37-25)26(34)32-23-15-20(16-23)28(35)36-6/h13-14,17-18,20,23H,7-12,15-16H2,1-6H3,(H,32,34). The van der Waals surface area contributed by atoms with Crippen molar-refractivity contribution in [3.63, 3.8) is 0 Å². The Morgan fingerprint density at radius 3 is 2.30 bits per heavy atom. The summed E-state index contributed by atoms with van der Waals surface area (Å²) in [5.74, 6) is -0.0120. The molecule has 2 saturated carbocycles. The molecule has 0 saturated heterocycles. The Labute approximate surface area is 224 Å². The lowest BCUT2D eigenvalue weighted by molar-refractivity contribution is -0.149. The third kappa shape index (κ3) is 6.60. The topological polar surface area (TPSA) is 68.3 Å². The van der Waals surface area contributed by atoms with Gasteiger partial charge in [0.05, 0.1) is 23.6 Å². The third-order valence-electron chi connectivity index (χ3n) is 7.85. The van der Waals surface area contributed by atoms with E-state index in [1.165, 1.54) is 50.6 Å². The van der Waals surface area contributed by atoms with Crippen LogP contribution in [0.5, 0.6) is 0 Å². The number of rotatable bonds is 7. The van der Waals surface area contributed by atoms with E-state index in [0.29, 0.717) is 29.3 Å². The number of ether oxygens (including phenoxy) is 1. The van der Waals surface area contributed by atoms with Crippen LogP contribution in [0.2, 0.25) is 0 Å². The van der Waals surface area contributed by atoms with Crippen molar-refractivity contribution >= 4 is 23.2 Å². The number of hydrogen-bond donors (Lipinski definition) is 1. The predicted molar refractivity (Wildman–Crippen MR) is 147 cm³/mol. The summed E-state index contributed by atoms with van der Waals surface area (Å²) in [5.41, 5.74) is 1.95. The van der Waals surface area contributed by atoms with Gasteiger partial charge in [0.1, 0.15) is 5.67 Å². The van der Waals surface area contributed by atoms with E-state index in [-0.39, 0.29) is 29.3 Å². The number of thiazole rings is 1. The van der Waals surface area contributed by atoms with Crippen LogP contribution >= 0.6 is 11.3 Å². The van der Waals surface area contributed by atoms with Crippen LogP contribution in [-0.4, -0.2) is 30.0 Å². The fourth-order valence-corrected chi connectivity index (χ4v) is 6.34. The molecular weight excluding hydrogens is 487 g/mol. The number of benzene rings is 1. The average Bonchev–Trinajstić information content (AvgIpc) is 3.23. The van der Waals surface area contributed by atoms with Crippen molar-refractivity contribution in [1.29, 1.82) is 0 Å². The van der Waals surface area contributed by atoms with Crippen LogP contribution < -0.4 is 5.32 Å². The van der Waals surface area contributed by atoms with Gasteiger partial charge < -0.3 is 10.1 Å². The number of aromatic nitrogens is 1. The molecule has 1 N–H and O–H groups in total. The molecule has 7 heteroatoms. The van der Waals surface area contributed by atoms with Gasteiger partial charge in [-0.1, -0.05) is 58.9 Å². The molecule has 37 heavy (non-hydrogen) atoms. The molecule has 2 aromatic rings. The van der Waals surface area contributed by atoms with Gasteiger partial charge in [-0.15, -0.1) is 11.3 Å². The second-order valence-corrected chi connectivity index (χ2v) is 13.4. The van der Waals surface area contributed by atoms with Crippen LogP contribution in [-0.2, 0) is 27.0 Å². The van der Waals surface area contributed by atoms with Crippen molar-refractivity contribution in [1.82, 2.24) is 10.3 Å². The molecule has 1 aromatic carbocycles. The summed E-state index contributed by atoms with van der Waals surface area (Å²) in [4.78, 5) is 30.7. The second-order valence-electron chi connectivity index (χ2n) is 12.4. The SMILES string of the molecule is COC(=O)C1CC(NC(=O)c2nc(CC3CCCCC3)c(-c3cc(C(C)(C)C)cc(C(C)(C)F)c3)s2)C1. The highest BCUT2D eigenvalue weighted by atomic mass is 32.1. The summed E-state index contributed by atoms with van der Waals surface area (Å²) in [6, 6.07) is 5.99. The van der Waals surface area contributed by atoms with E-state index in [9.17, 15) is 9.59 Å². The summed E-state index contributed by atoms with van der Waals surface area (Å²) in [5, 5.41) is 3.48. The zero-order chi connectivity index (χ0) is 27.0. The van der Waals surface area contributed by atoms with Crippen LogP contribution in [0.25, 0.3) is 10.4 Å². The van der Waals surface area contributed by atoms with Gasteiger partial charge in [-0.05, 0) is 73.3 Å². The van der Waals surface area contributed by atoms with Gasteiger partial charge in [0.25, 0.3) is 5.91 Å². The normalized spacial score (nSPS) is 20.8. The van der Waals surface area contributed by atoms with Crippen LogP contribution in [0.15, 0.2) is 18.2 Å². The largest absolute Gasteiger partial charge is 0.469 e. The number of halogens is 1. The Hall–Kier alpha value is -2.28. The zero-order valence-electron chi connectivity index (χ0n) is 23.1. The molecule has 5 nitrogen and oxygen atoms in total. The molecular formula is C30H41FN2O3S. The number of nitrogens with one attached hydrogen (secondary N) is 1. The van der Waals surface area contributed by atoms with Gasteiger partial charge in [-0.3, -0.25) is 9.59 Å². The number of carbonyl (C=O) groups is 2. The molecule has 0 atom stereocenters. The first-order chi connectivity index (χ1) is 17.3. The minimum absolute atomic E-state index is 0.0473. The number of nitrogens with zero attached hydrogens (tertiary/aromatic N) is 1. The molecule has 0 spiro atoms. The van der Waals surface area contributed by atoms with Crippen LogP contribution in [0, 0.1) is 11.8 Å². The predicted octanol–water partition coefficient (Wildman–Crippen LogP) is 7.12. The fourth-order valence-electron chi connectivity index (χ4n) is 5.35.